The van der Waals surface area contributed by atoms with Crippen LogP contribution in [0.3, 0.4) is 0 Å². The molecular formula is C27H22F4N4O5S. The van der Waals surface area contributed by atoms with Crippen molar-refractivity contribution in [2.24, 2.45) is 0 Å². The van der Waals surface area contributed by atoms with Gasteiger partial charge in [0.1, 0.15) is 11.6 Å². The monoisotopic (exact) mass is 593 g/mol. The molecule has 41 heavy (non-hydrogen) atoms. The Bertz CT molecular complexity index is 1860. The molecule has 1 aliphatic rings. The van der Waals surface area contributed by atoms with Gasteiger partial charge in [-0.05, 0) is 42.5 Å². The van der Waals surface area contributed by atoms with E-state index in [2.05, 4.69) is 20.3 Å². The summed E-state index contributed by atoms with van der Waals surface area (Å²) in [5.41, 5.74) is -2.17. The highest BCUT2D eigenvalue weighted by Crippen LogP contribution is 2.35. The fourth-order valence-electron chi connectivity index (χ4n) is 4.16. The molecule has 0 spiro atoms. The topological polar surface area (TPSA) is 120 Å². The van der Waals surface area contributed by atoms with Gasteiger partial charge in [0.05, 0.1) is 52.5 Å². The van der Waals surface area contributed by atoms with E-state index in [1.807, 2.05) is 0 Å². The standard InChI is InChI=1S/C27H22F4N4O5S/c1-39-27-17(3-5-21(35-27)19(30)11-28)20-4-2-14-12-32-16(10-22(14)34-20)13-33-26(36)15-8-18(29)25-23(9-15)41(37,38)24(31)6-7-40-25/h2-5,8-10,12,19,24H,6-7,11,13H2,1H3,(H,33,36)/t19-,24-/m1/s1/i1D3. The van der Waals surface area contributed by atoms with E-state index in [1.54, 1.807) is 6.07 Å². The molecule has 1 N–H and O–H groups in total. The lowest BCUT2D eigenvalue weighted by Crippen LogP contribution is -2.24. The summed E-state index contributed by atoms with van der Waals surface area (Å²) >= 11 is 0. The molecular weight excluding hydrogens is 568 g/mol. The largest absolute Gasteiger partial charge is 0.489 e. The van der Waals surface area contributed by atoms with Gasteiger partial charge in [0.15, 0.2) is 17.7 Å². The number of hydrogen-bond acceptors (Lipinski definition) is 8. The van der Waals surface area contributed by atoms with E-state index < -0.39 is 69.9 Å². The summed E-state index contributed by atoms with van der Waals surface area (Å²) in [4.78, 5) is 24.6. The van der Waals surface area contributed by atoms with Crippen molar-refractivity contribution in [2.45, 2.75) is 29.5 Å². The van der Waals surface area contributed by atoms with Crippen LogP contribution < -0.4 is 14.8 Å². The SMILES string of the molecule is [2H]C([2H])([2H])Oc1nc([C@H](F)CF)ccc1-c1ccc2cnc(CNC(=O)c3cc(F)c4c(c3)S(=O)(=O)[C@@H](F)CCO4)cc2n1. The summed E-state index contributed by atoms with van der Waals surface area (Å²) < 4.78 is 113. The Morgan fingerprint density at radius 2 is 2.07 bits per heavy atom. The van der Waals surface area contributed by atoms with Crippen LogP contribution in [0.5, 0.6) is 11.6 Å². The molecule has 3 aromatic heterocycles. The van der Waals surface area contributed by atoms with Crippen LogP contribution >= 0.6 is 0 Å². The molecule has 1 aliphatic heterocycles. The highest BCUT2D eigenvalue weighted by Gasteiger charge is 2.35. The van der Waals surface area contributed by atoms with Crippen molar-refractivity contribution in [2.75, 3.05) is 20.3 Å². The second-order valence-corrected chi connectivity index (χ2v) is 11.0. The molecule has 14 heteroatoms. The minimum atomic E-state index is -4.59. The van der Waals surface area contributed by atoms with Gasteiger partial charge >= 0.3 is 0 Å². The van der Waals surface area contributed by atoms with Crippen LogP contribution in [0.4, 0.5) is 17.6 Å². The summed E-state index contributed by atoms with van der Waals surface area (Å²) in [5, 5.41) is 3.04. The minimum Gasteiger partial charge on any atom is -0.489 e. The normalized spacial score (nSPS) is 18.1. The van der Waals surface area contributed by atoms with Crippen molar-refractivity contribution in [3.63, 3.8) is 0 Å². The number of halogens is 4. The summed E-state index contributed by atoms with van der Waals surface area (Å²) in [6.07, 6.45) is -1.14. The summed E-state index contributed by atoms with van der Waals surface area (Å²) in [5.74, 6) is -3.14. The van der Waals surface area contributed by atoms with Crippen molar-refractivity contribution in [3.05, 3.63) is 71.4 Å². The molecule has 1 amide bonds. The van der Waals surface area contributed by atoms with E-state index in [-0.39, 0.29) is 41.4 Å². The smallest absolute Gasteiger partial charge is 0.251 e. The van der Waals surface area contributed by atoms with Gasteiger partial charge in [0, 0.05) is 23.6 Å². The number of nitrogens with zero attached hydrogens (tertiary/aromatic N) is 3. The maximum atomic E-state index is 14.7. The van der Waals surface area contributed by atoms with Gasteiger partial charge in [-0.2, -0.15) is 0 Å². The van der Waals surface area contributed by atoms with Gasteiger partial charge < -0.3 is 14.8 Å². The Morgan fingerprint density at radius 1 is 1.24 bits per heavy atom. The van der Waals surface area contributed by atoms with Crippen LogP contribution in [0.25, 0.3) is 22.2 Å². The summed E-state index contributed by atoms with van der Waals surface area (Å²) in [7, 11) is -7.53. The number of ether oxygens (including phenoxy) is 2. The zero-order valence-corrected chi connectivity index (χ0v) is 21.7. The van der Waals surface area contributed by atoms with Gasteiger partial charge in [-0.25, -0.2) is 35.9 Å². The second kappa shape index (κ2) is 11.3. The number of sulfone groups is 1. The molecule has 4 heterocycles. The molecule has 0 radical (unpaired) electrons. The first kappa shape index (κ1) is 24.5. The van der Waals surface area contributed by atoms with Crippen LogP contribution in [0.2, 0.25) is 0 Å². The highest BCUT2D eigenvalue weighted by atomic mass is 32.2. The molecule has 0 aliphatic carbocycles. The van der Waals surface area contributed by atoms with Crippen molar-refractivity contribution < 1.29 is 44.4 Å². The number of carbonyl (C=O) groups excluding carboxylic acids is 1. The van der Waals surface area contributed by atoms with Gasteiger partial charge in [-0.3, -0.25) is 9.78 Å². The van der Waals surface area contributed by atoms with Crippen LogP contribution in [-0.2, 0) is 16.4 Å². The number of fused-ring (bicyclic) bond motifs is 2. The zero-order chi connectivity index (χ0) is 31.8. The number of alkyl halides is 3. The number of methoxy groups -OCH3 is 1. The molecule has 4 aromatic rings. The van der Waals surface area contributed by atoms with E-state index in [1.165, 1.54) is 30.5 Å². The number of carbonyl (C=O) groups is 1. The van der Waals surface area contributed by atoms with Crippen molar-refractivity contribution in [1.29, 1.82) is 0 Å². The Hall–Kier alpha value is -4.33. The summed E-state index contributed by atoms with van der Waals surface area (Å²) in [6, 6.07) is 8.73. The number of rotatable bonds is 7. The predicted molar refractivity (Wildman–Crippen MR) is 139 cm³/mol. The van der Waals surface area contributed by atoms with Crippen LogP contribution in [0.1, 0.15) is 38.5 Å². The maximum absolute atomic E-state index is 14.7. The Kier molecular flexibility index (Phi) is 6.73. The molecule has 0 unspecified atom stereocenters. The average Bonchev–Trinajstić information content (AvgIpc) is 3.09. The van der Waals surface area contributed by atoms with Crippen LogP contribution in [0, 0.1) is 5.82 Å². The molecule has 2 atom stereocenters. The summed E-state index contributed by atoms with van der Waals surface area (Å²) in [6.45, 7) is -1.93. The maximum Gasteiger partial charge on any atom is 0.251 e. The molecule has 5 rings (SSSR count). The third kappa shape index (κ3) is 5.51. The first-order valence-corrected chi connectivity index (χ1v) is 13.6. The third-order valence-electron chi connectivity index (χ3n) is 6.28. The lowest BCUT2D eigenvalue weighted by Gasteiger charge is -2.12. The molecule has 1 aromatic carbocycles. The van der Waals surface area contributed by atoms with Gasteiger partial charge in [0.25, 0.3) is 5.91 Å². The first-order chi connectivity index (χ1) is 20.8. The Labute approximate surface area is 235 Å². The molecule has 0 saturated heterocycles. The molecule has 214 valence electrons. The van der Waals surface area contributed by atoms with Crippen molar-refractivity contribution >= 4 is 26.6 Å². The quantitative estimate of drug-likeness (QED) is 0.309. The third-order valence-corrected chi connectivity index (χ3v) is 8.10. The second-order valence-electron chi connectivity index (χ2n) is 8.94. The molecule has 0 fully saturated rings. The Morgan fingerprint density at radius 3 is 2.85 bits per heavy atom. The van der Waals surface area contributed by atoms with Gasteiger partial charge in [-0.15, -0.1) is 0 Å². The molecule has 0 bridgehead atoms. The van der Waals surface area contributed by atoms with Gasteiger partial charge in [-0.1, -0.05) is 0 Å². The lowest BCUT2D eigenvalue weighted by atomic mass is 10.1. The van der Waals surface area contributed by atoms with E-state index in [4.69, 9.17) is 13.6 Å². The van der Waals surface area contributed by atoms with E-state index in [9.17, 15) is 30.8 Å². The van der Waals surface area contributed by atoms with Crippen molar-refractivity contribution in [3.8, 4) is 22.9 Å². The number of pyridine rings is 3. The number of amides is 1. The van der Waals surface area contributed by atoms with Gasteiger partial charge in [0.2, 0.25) is 21.2 Å². The molecule has 0 saturated carbocycles. The van der Waals surface area contributed by atoms with E-state index in [0.717, 1.165) is 12.1 Å². The number of hydrogen-bond donors (Lipinski definition) is 1. The van der Waals surface area contributed by atoms with E-state index in [0.29, 0.717) is 10.9 Å². The van der Waals surface area contributed by atoms with Crippen molar-refractivity contribution in [1.82, 2.24) is 20.3 Å². The first-order valence-electron chi connectivity index (χ1n) is 13.6. The van der Waals surface area contributed by atoms with E-state index >= 15 is 0 Å². The Balaban J connectivity index is 1.41. The lowest BCUT2D eigenvalue weighted by molar-refractivity contribution is 0.0949. The van der Waals surface area contributed by atoms with Crippen LogP contribution in [0.15, 0.2) is 53.6 Å². The number of aromatic nitrogens is 3. The molecule has 9 nitrogen and oxygen atoms in total. The predicted octanol–water partition coefficient (Wildman–Crippen LogP) is 4.60. The fourth-order valence-corrected chi connectivity index (χ4v) is 5.54. The fraction of sp³-hybridized carbons (Fsp3) is 0.259. The van der Waals surface area contributed by atoms with Crippen LogP contribution in [-0.4, -0.2) is 55.1 Å². The highest BCUT2D eigenvalue weighted by molar-refractivity contribution is 7.92. The average molecular weight is 594 g/mol. The zero-order valence-electron chi connectivity index (χ0n) is 23.9. The number of benzene rings is 1. The number of nitrogens with one attached hydrogen (secondary N) is 1. The minimum absolute atomic E-state index is 0.0872.